The van der Waals surface area contributed by atoms with Gasteiger partial charge in [0.1, 0.15) is 16.1 Å². The van der Waals surface area contributed by atoms with E-state index >= 15 is 0 Å². The first-order chi connectivity index (χ1) is 13.4. The van der Waals surface area contributed by atoms with Crippen LogP contribution in [-0.4, -0.2) is 70.5 Å². The lowest BCUT2D eigenvalue weighted by atomic mass is 10.1. The molecule has 1 aromatic heterocycles. The predicted octanol–water partition coefficient (Wildman–Crippen LogP) is 1.59. The van der Waals surface area contributed by atoms with Crippen LogP contribution in [0, 0.1) is 0 Å². The van der Waals surface area contributed by atoms with Gasteiger partial charge >= 0.3 is 5.97 Å². The third-order valence-corrected chi connectivity index (χ3v) is 7.88. The Balaban J connectivity index is 1.77. The summed E-state index contributed by atoms with van der Waals surface area (Å²) in [5, 5.41) is 22.0. The first kappa shape index (κ1) is 21.3. The number of aromatic nitrogens is 3. The second-order valence-electron chi connectivity index (χ2n) is 5.31. The molecule has 1 unspecified atom stereocenters. The summed E-state index contributed by atoms with van der Waals surface area (Å²) in [4.78, 5) is 37.2. The topological polar surface area (TPSA) is 128 Å². The molecule has 15 heteroatoms. The smallest absolute Gasteiger partial charge is 0.353 e. The Morgan fingerprint density at radius 3 is 2.86 bits per heavy atom. The third-order valence-electron chi connectivity index (χ3n) is 3.56. The number of hydrogen-bond acceptors (Lipinski definition) is 9. The Kier molecular flexibility index (Phi) is 7.11. The zero-order valence-electron chi connectivity index (χ0n) is 13.8. The fourth-order valence-corrected chi connectivity index (χ4v) is 6.47. The number of rotatable bonds is 9. The predicted molar refractivity (Wildman–Crippen MR) is 103 cm³/mol. The minimum absolute atomic E-state index is 0.158. The number of carboxylic acids is 1. The standard InChI is InChI=1S/C13H13F2N5O4S4/c14-13(15)25-3-5(21)17-11-10(27-4-26-6-2-16-19-18-6)9(12(23)24)20-7(22)1-8(20)28-11/h2,8,11,13H,1,3-4H2,(H,17,21)(H,23,24)(H,16,18,19)/t8-,11?/m1/s1. The number of carbonyl (C=O) groups excluding carboxylic acids is 2. The molecule has 0 aromatic carbocycles. The number of aliphatic carboxylic acids is 1. The van der Waals surface area contributed by atoms with E-state index in [1.54, 1.807) is 0 Å². The van der Waals surface area contributed by atoms with Gasteiger partial charge in [-0.25, -0.2) is 4.79 Å². The Hall–Kier alpha value is -1.45. The summed E-state index contributed by atoms with van der Waals surface area (Å²) in [6, 6.07) is 0. The van der Waals surface area contributed by atoms with E-state index in [0.29, 0.717) is 10.1 Å². The fourth-order valence-electron chi connectivity index (χ4n) is 2.42. The maximum Gasteiger partial charge on any atom is 0.353 e. The van der Waals surface area contributed by atoms with Crippen LogP contribution in [0.4, 0.5) is 8.78 Å². The number of thioether (sulfide) groups is 4. The molecular weight excluding hydrogens is 456 g/mol. The number of aromatic amines is 1. The fraction of sp³-hybridized carbons (Fsp3) is 0.462. The molecule has 2 aliphatic heterocycles. The highest BCUT2D eigenvalue weighted by Crippen LogP contribution is 2.47. The molecule has 0 aliphatic carbocycles. The second-order valence-corrected chi connectivity index (χ2v) is 9.95. The van der Waals surface area contributed by atoms with E-state index in [-0.39, 0.29) is 34.7 Å². The van der Waals surface area contributed by atoms with Gasteiger partial charge in [0.25, 0.3) is 5.76 Å². The Labute approximate surface area is 174 Å². The van der Waals surface area contributed by atoms with Crippen LogP contribution in [0.15, 0.2) is 21.8 Å². The van der Waals surface area contributed by atoms with E-state index < -0.39 is 34.1 Å². The molecule has 3 N–H and O–H groups in total. The summed E-state index contributed by atoms with van der Waals surface area (Å²) < 4.78 is 24.6. The first-order valence-corrected chi connectivity index (χ1v) is 11.6. The molecule has 3 rings (SSSR count). The van der Waals surface area contributed by atoms with Crippen molar-refractivity contribution in [2.45, 2.75) is 28.0 Å². The van der Waals surface area contributed by atoms with Crippen molar-refractivity contribution < 1.29 is 28.3 Å². The molecule has 28 heavy (non-hydrogen) atoms. The number of fused-ring (bicyclic) bond motifs is 1. The van der Waals surface area contributed by atoms with E-state index in [1.165, 1.54) is 34.6 Å². The molecule has 0 spiro atoms. The number of H-pyrrole nitrogens is 1. The van der Waals surface area contributed by atoms with Crippen LogP contribution in [-0.2, 0) is 14.4 Å². The van der Waals surface area contributed by atoms with Crippen LogP contribution in [0.25, 0.3) is 0 Å². The van der Waals surface area contributed by atoms with Crippen LogP contribution in [0.1, 0.15) is 6.42 Å². The van der Waals surface area contributed by atoms with Gasteiger partial charge in [0.05, 0.1) is 28.8 Å². The number of carbonyl (C=O) groups is 3. The Morgan fingerprint density at radius 1 is 1.46 bits per heavy atom. The molecule has 1 fully saturated rings. The lowest BCUT2D eigenvalue weighted by Crippen LogP contribution is -2.57. The minimum atomic E-state index is -2.68. The number of alkyl halides is 2. The number of carboxylic acid groups (broad SMARTS) is 1. The Bertz CT molecular complexity index is 794. The van der Waals surface area contributed by atoms with Crippen LogP contribution in [0.3, 0.4) is 0 Å². The molecule has 0 saturated carbocycles. The number of β-lactam (4-membered cyclic amide) rings is 1. The quantitative estimate of drug-likeness (QED) is 0.279. The average molecular weight is 470 g/mol. The second kappa shape index (κ2) is 9.37. The van der Waals surface area contributed by atoms with Gasteiger partial charge in [-0.1, -0.05) is 23.5 Å². The van der Waals surface area contributed by atoms with Crippen LogP contribution >= 0.6 is 47.0 Å². The van der Waals surface area contributed by atoms with Gasteiger partial charge < -0.3 is 10.4 Å². The van der Waals surface area contributed by atoms with Crippen molar-refractivity contribution >= 4 is 64.8 Å². The number of nitrogens with one attached hydrogen (secondary N) is 2. The molecule has 1 saturated heterocycles. The summed E-state index contributed by atoms with van der Waals surface area (Å²) in [5.41, 5.74) is -0.183. The van der Waals surface area contributed by atoms with Gasteiger partial charge in [0, 0.05) is 4.91 Å². The average Bonchev–Trinajstić information content (AvgIpc) is 3.13. The third kappa shape index (κ3) is 4.93. The maximum absolute atomic E-state index is 12.3. The van der Waals surface area contributed by atoms with Gasteiger partial charge in [-0.3, -0.25) is 14.5 Å². The van der Waals surface area contributed by atoms with Crippen LogP contribution in [0.2, 0.25) is 0 Å². The lowest BCUT2D eigenvalue weighted by Gasteiger charge is -2.46. The molecule has 152 valence electrons. The zero-order chi connectivity index (χ0) is 20.3. The van der Waals surface area contributed by atoms with Gasteiger partial charge in [0.2, 0.25) is 11.8 Å². The number of halogens is 2. The van der Waals surface area contributed by atoms with Crippen molar-refractivity contribution in [3.8, 4) is 0 Å². The molecular formula is C13H13F2N5O4S4. The largest absolute Gasteiger partial charge is 0.477 e. The molecule has 2 amide bonds. The van der Waals surface area contributed by atoms with E-state index in [2.05, 4.69) is 20.7 Å². The van der Waals surface area contributed by atoms with Crippen molar-refractivity contribution in [1.29, 1.82) is 0 Å². The lowest BCUT2D eigenvalue weighted by molar-refractivity contribution is -0.146. The molecule has 3 heterocycles. The normalized spacial score (nSPS) is 21.5. The van der Waals surface area contributed by atoms with Gasteiger partial charge in [-0.2, -0.15) is 19.1 Å². The van der Waals surface area contributed by atoms with E-state index in [1.807, 2.05) is 0 Å². The monoisotopic (exact) mass is 469 g/mol. The molecule has 0 bridgehead atoms. The molecule has 1 aromatic rings. The molecule has 0 radical (unpaired) electrons. The van der Waals surface area contributed by atoms with Crippen molar-refractivity contribution in [1.82, 2.24) is 25.6 Å². The van der Waals surface area contributed by atoms with Crippen molar-refractivity contribution in [3.05, 3.63) is 16.8 Å². The van der Waals surface area contributed by atoms with E-state index in [4.69, 9.17) is 0 Å². The summed E-state index contributed by atoms with van der Waals surface area (Å²) in [6.07, 6.45) is 1.66. The Morgan fingerprint density at radius 2 is 2.25 bits per heavy atom. The summed E-state index contributed by atoms with van der Waals surface area (Å²) in [6.45, 7) is 0. The van der Waals surface area contributed by atoms with Gasteiger partial charge in [-0.15, -0.1) is 28.6 Å². The minimum Gasteiger partial charge on any atom is -0.477 e. The maximum atomic E-state index is 12.3. The van der Waals surface area contributed by atoms with E-state index in [0.717, 1.165) is 11.8 Å². The highest BCUT2D eigenvalue weighted by atomic mass is 32.2. The van der Waals surface area contributed by atoms with Crippen molar-refractivity contribution in [3.63, 3.8) is 0 Å². The first-order valence-electron chi connectivity index (χ1n) is 7.62. The summed E-state index contributed by atoms with van der Waals surface area (Å²) in [5.74, 6) is -5.35. The van der Waals surface area contributed by atoms with Crippen LogP contribution < -0.4 is 5.32 Å². The molecule has 2 aliphatic rings. The van der Waals surface area contributed by atoms with E-state index in [9.17, 15) is 28.3 Å². The molecule has 2 atom stereocenters. The summed E-state index contributed by atoms with van der Waals surface area (Å²) in [7, 11) is 0. The number of amides is 2. The summed E-state index contributed by atoms with van der Waals surface area (Å²) >= 11 is 3.84. The highest BCUT2D eigenvalue weighted by Gasteiger charge is 2.49. The van der Waals surface area contributed by atoms with Crippen molar-refractivity contribution in [2.75, 3.05) is 10.8 Å². The SMILES string of the molecule is O=C(CSC(F)F)NC1S[C@@H]2CC(=O)N2C(C(=O)O)=C1SCSc1cn[nH]n1. The van der Waals surface area contributed by atoms with Crippen LogP contribution in [0.5, 0.6) is 0 Å². The van der Waals surface area contributed by atoms with Gasteiger partial charge in [-0.05, 0) is 0 Å². The number of hydrogen-bond donors (Lipinski definition) is 3. The molecule has 9 nitrogen and oxygen atoms in total. The van der Waals surface area contributed by atoms with Crippen molar-refractivity contribution in [2.24, 2.45) is 0 Å². The number of nitrogens with zero attached hydrogens (tertiary/aromatic N) is 3. The zero-order valence-corrected chi connectivity index (χ0v) is 17.1. The van der Waals surface area contributed by atoms with Gasteiger partial charge in [0.15, 0.2) is 0 Å². The highest BCUT2D eigenvalue weighted by molar-refractivity contribution is 8.18.